The number of nitrogens with zero attached hydrogens (tertiary/aromatic N) is 2. The maximum Gasteiger partial charge on any atom is 0.244 e. The number of hydrogen-bond donors (Lipinski definition) is 2. The van der Waals surface area contributed by atoms with Gasteiger partial charge in [0.2, 0.25) is 11.8 Å². The van der Waals surface area contributed by atoms with E-state index in [-0.39, 0.29) is 23.7 Å². The normalized spacial score (nSPS) is 20.1. The zero-order chi connectivity index (χ0) is 29.1. The molecule has 4 aromatic carbocycles. The van der Waals surface area contributed by atoms with Gasteiger partial charge in [0, 0.05) is 11.8 Å². The lowest BCUT2D eigenvalue weighted by molar-refractivity contribution is -0.137. The molecular weight excluding hydrogens is 528 g/mol. The summed E-state index contributed by atoms with van der Waals surface area (Å²) < 4.78 is 10.4. The van der Waals surface area contributed by atoms with Crippen molar-refractivity contribution in [3.8, 4) is 11.5 Å². The molecule has 0 radical (unpaired) electrons. The molecule has 2 bridgehead atoms. The van der Waals surface area contributed by atoms with Crippen molar-refractivity contribution < 1.29 is 19.1 Å². The lowest BCUT2D eigenvalue weighted by atomic mass is 9.54. The molecule has 8 nitrogen and oxygen atoms in total. The molecule has 3 aliphatic rings. The molecule has 0 fully saturated rings. The molecule has 0 unspecified atom stereocenters. The lowest BCUT2D eigenvalue weighted by Gasteiger charge is -2.48. The van der Waals surface area contributed by atoms with Crippen LogP contribution >= 0.6 is 0 Å². The highest BCUT2D eigenvalue weighted by atomic mass is 16.5. The first-order chi connectivity index (χ1) is 20.6. The lowest BCUT2D eigenvalue weighted by Crippen LogP contribution is -2.51. The van der Waals surface area contributed by atoms with Crippen LogP contribution in [0.1, 0.15) is 45.2 Å². The number of benzene rings is 4. The van der Waals surface area contributed by atoms with Crippen LogP contribution in [0.4, 0.5) is 0 Å². The van der Waals surface area contributed by atoms with Crippen LogP contribution in [0.5, 0.6) is 11.5 Å². The molecule has 2 atom stereocenters. The minimum Gasteiger partial charge on any atom is -0.497 e. The highest BCUT2D eigenvalue weighted by Crippen LogP contribution is 2.58. The fraction of sp³-hybridized carbons (Fsp3) is 0.176. The summed E-state index contributed by atoms with van der Waals surface area (Å²) in [5.41, 5.74) is 11.3. The second kappa shape index (κ2) is 11.7. The van der Waals surface area contributed by atoms with Crippen molar-refractivity contribution in [1.29, 1.82) is 0 Å². The van der Waals surface area contributed by atoms with Crippen LogP contribution in [-0.2, 0) is 9.59 Å². The minimum absolute atomic E-state index is 0.306. The summed E-state index contributed by atoms with van der Waals surface area (Å²) in [5, 5.41) is 8.48. The fourth-order valence-electron chi connectivity index (χ4n) is 6.18. The van der Waals surface area contributed by atoms with Crippen LogP contribution in [0.15, 0.2) is 107 Å². The Balaban J connectivity index is 1.31. The van der Waals surface area contributed by atoms with Crippen molar-refractivity contribution in [2.45, 2.75) is 11.8 Å². The zero-order valence-electron chi connectivity index (χ0n) is 23.2. The minimum atomic E-state index is -0.691. The maximum atomic E-state index is 13.9. The van der Waals surface area contributed by atoms with Crippen LogP contribution in [0.2, 0.25) is 0 Å². The van der Waals surface area contributed by atoms with Gasteiger partial charge in [0.15, 0.2) is 0 Å². The standard InChI is InChI=1S/C34H30N4O4/c1-41-23-15-11-21(12-16-23)19-35-37-33(39)31-29-25-7-3-5-9-27(25)30(28-10-6-4-8-26(28)29)32(31)34(40)38-36-20-22-13-17-24(42-2)18-14-22/h3-20,29-32H,1-2H3,(H,37,39)(H,38,40)/b35-19+,36-20+/t29?,30?,31-,32-/m1/s1. The average Bonchev–Trinajstić information content (AvgIpc) is 3.05. The first-order valence-electron chi connectivity index (χ1n) is 13.7. The number of ether oxygens (including phenoxy) is 2. The maximum absolute atomic E-state index is 13.9. The Morgan fingerprint density at radius 3 is 1.21 bits per heavy atom. The van der Waals surface area contributed by atoms with Gasteiger partial charge < -0.3 is 9.47 Å². The number of methoxy groups -OCH3 is 2. The van der Waals surface area contributed by atoms with Crippen molar-refractivity contribution in [2.24, 2.45) is 22.0 Å². The number of fused-ring (bicyclic) bond motifs is 1. The number of carbonyl (C=O) groups is 2. The van der Waals surface area contributed by atoms with Crippen molar-refractivity contribution >= 4 is 24.2 Å². The quantitative estimate of drug-likeness (QED) is 0.239. The zero-order valence-corrected chi connectivity index (χ0v) is 23.2. The van der Waals surface area contributed by atoms with Crippen molar-refractivity contribution in [1.82, 2.24) is 10.9 Å². The Morgan fingerprint density at radius 1 is 0.571 bits per heavy atom. The van der Waals surface area contributed by atoms with E-state index in [2.05, 4.69) is 45.3 Å². The molecule has 2 N–H and O–H groups in total. The Kier molecular flexibility index (Phi) is 7.51. The van der Waals surface area contributed by atoms with Gasteiger partial charge in [-0.3, -0.25) is 9.59 Å². The van der Waals surface area contributed by atoms with Crippen molar-refractivity contribution in [2.75, 3.05) is 14.2 Å². The highest BCUT2D eigenvalue weighted by molar-refractivity contribution is 5.93. The Hall–Kier alpha value is -5.24. The molecule has 42 heavy (non-hydrogen) atoms. The average molecular weight is 559 g/mol. The fourth-order valence-corrected chi connectivity index (χ4v) is 6.18. The summed E-state index contributed by atoms with van der Waals surface area (Å²) in [6.07, 6.45) is 3.16. The molecule has 0 heterocycles. The van der Waals surface area contributed by atoms with Crippen LogP contribution in [0.25, 0.3) is 0 Å². The van der Waals surface area contributed by atoms with Gasteiger partial charge in [0.25, 0.3) is 0 Å². The second-order valence-electron chi connectivity index (χ2n) is 10.3. The van der Waals surface area contributed by atoms with E-state index in [1.807, 2.05) is 72.8 Å². The first kappa shape index (κ1) is 27.0. The summed E-state index contributed by atoms with van der Waals surface area (Å²) in [7, 11) is 3.21. The third-order valence-corrected chi connectivity index (χ3v) is 8.05. The summed E-state index contributed by atoms with van der Waals surface area (Å²) in [5.74, 6) is -1.17. The van der Waals surface area contributed by atoms with E-state index in [0.717, 1.165) is 44.9 Å². The molecule has 0 saturated carbocycles. The van der Waals surface area contributed by atoms with Gasteiger partial charge in [-0.25, -0.2) is 10.9 Å². The van der Waals surface area contributed by atoms with E-state index in [0.29, 0.717) is 0 Å². The molecule has 7 rings (SSSR count). The number of rotatable bonds is 8. The molecule has 2 amide bonds. The van der Waals surface area contributed by atoms with Gasteiger partial charge in [0.05, 0.1) is 38.5 Å². The molecule has 3 aliphatic carbocycles. The van der Waals surface area contributed by atoms with Gasteiger partial charge in [-0.1, -0.05) is 48.5 Å². The SMILES string of the molecule is COc1ccc(/C=N/NC(=O)[C@@H]2C3c4ccccc4C(c4ccccc43)[C@H]2C(=O)N/N=C/c2ccc(OC)cc2)cc1. The van der Waals surface area contributed by atoms with Gasteiger partial charge in [-0.15, -0.1) is 0 Å². The van der Waals surface area contributed by atoms with E-state index in [4.69, 9.17) is 9.47 Å². The number of carbonyl (C=O) groups excluding carboxylic acids is 2. The summed E-state index contributed by atoms with van der Waals surface area (Å²) in [6, 6.07) is 30.8. The van der Waals surface area contributed by atoms with Gasteiger partial charge in [-0.2, -0.15) is 10.2 Å². The first-order valence-corrected chi connectivity index (χ1v) is 13.7. The predicted octanol–water partition coefficient (Wildman–Crippen LogP) is 4.83. The van der Waals surface area contributed by atoms with Crippen LogP contribution < -0.4 is 20.3 Å². The molecule has 8 heteroatoms. The number of hydrazone groups is 2. The largest absolute Gasteiger partial charge is 0.497 e. The Morgan fingerprint density at radius 2 is 0.905 bits per heavy atom. The molecule has 0 saturated heterocycles. The number of hydrogen-bond acceptors (Lipinski definition) is 6. The van der Waals surface area contributed by atoms with E-state index < -0.39 is 11.8 Å². The third kappa shape index (κ3) is 5.03. The van der Waals surface area contributed by atoms with E-state index in [1.54, 1.807) is 26.6 Å². The van der Waals surface area contributed by atoms with E-state index >= 15 is 0 Å². The molecule has 0 spiro atoms. The summed E-state index contributed by atoms with van der Waals surface area (Å²) >= 11 is 0. The summed E-state index contributed by atoms with van der Waals surface area (Å²) in [4.78, 5) is 27.8. The predicted molar refractivity (Wildman–Crippen MR) is 161 cm³/mol. The molecule has 4 aromatic rings. The molecular formula is C34H30N4O4. The number of amides is 2. The van der Waals surface area contributed by atoms with Gasteiger partial charge >= 0.3 is 0 Å². The van der Waals surface area contributed by atoms with Crippen LogP contribution in [0.3, 0.4) is 0 Å². The monoisotopic (exact) mass is 558 g/mol. The Bertz CT molecular complexity index is 1490. The summed E-state index contributed by atoms with van der Waals surface area (Å²) in [6.45, 7) is 0. The van der Waals surface area contributed by atoms with E-state index in [1.165, 1.54) is 0 Å². The second-order valence-corrected chi connectivity index (χ2v) is 10.3. The molecule has 0 aromatic heterocycles. The smallest absolute Gasteiger partial charge is 0.244 e. The molecule has 0 aliphatic heterocycles. The Labute approximate surface area is 244 Å². The van der Waals surface area contributed by atoms with Crippen LogP contribution in [0, 0.1) is 11.8 Å². The molecule has 210 valence electrons. The van der Waals surface area contributed by atoms with Crippen molar-refractivity contribution in [3.05, 3.63) is 130 Å². The van der Waals surface area contributed by atoms with Gasteiger partial charge in [0.1, 0.15) is 11.5 Å². The number of nitrogens with one attached hydrogen (secondary N) is 2. The van der Waals surface area contributed by atoms with Gasteiger partial charge in [-0.05, 0) is 81.9 Å². The third-order valence-electron chi connectivity index (χ3n) is 8.05. The van der Waals surface area contributed by atoms with Crippen LogP contribution in [-0.4, -0.2) is 38.5 Å². The van der Waals surface area contributed by atoms with Crippen molar-refractivity contribution in [3.63, 3.8) is 0 Å². The van der Waals surface area contributed by atoms with E-state index in [9.17, 15) is 9.59 Å². The topological polar surface area (TPSA) is 101 Å². The highest BCUT2D eigenvalue weighted by Gasteiger charge is 2.55.